The molecule has 1 aromatic heterocycles. The molecule has 0 spiro atoms. The maximum Gasteiger partial charge on any atom is 0.254 e. The number of pyridine rings is 1. The van der Waals surface area contributed by atoms with Gasteiger partial charge in [0.2, 0.25) is 0 Å². The number of carbonyl (C=O) groups is 1. The molecule has 0 N–H and O–H groups in total. The second-order valence-corrected chi connectivity index (χ2v) is 5.73. The lowest BCUT2D eigenvalue weighted by atomic mass is 10.1. The van der Waals surface area contributed by atoms with Gasteiger partial charge in [-0.1, -0.05) is 24.6 Å². The summed E-state index contributed by atoms with van der Waals surface area (Å²) in [5.41, 5.74) is 1.26. The summed E-state index contributed by atoms with van der Waals surface area (Å²) < 4.78 is 10.9. The van der Waals surface area contributed by atoms with Crippen molar-refractivity contribution in [2.45, 2.75) is 19.9 Å². The third-order valence-electron chi connectivity index (χ3n) is 3.40. The van der Waals surface area contributed by atoms with E-state index in [9.17, 15) is 4.79 Å². The summed E-state index contributed by atoms with van der Waals surface area (Å²) in [7, 11) is 3.25. The van der Waals surface area contributed by atoms with Crippen molar-refractivity contribution in [3.8, 4) is 11.5 Å². The number of halogens is 1. The third kappa shape index (κ3) is 4.38. The highest BCUT2D eigenvalue weighted by atomic mass is 35.5. The highest BCUT2D eigenvalue weighted by Gasteiger charge is 2.18. The number of ether oxygens (including phenoxy) is 2. The average Bonchev–Trinajstić information content (AvgIpc) is 2.60. The van der Waals surface area contributed by atoms with Crippen LogP contribution >= 0.6 is 11.6 Å². The number of hydrogen-bond acceptors (Lipinski definition) is 4. The molecule has 0 saturated heterocycles. The fourth-order valence-electron chi connectivity index (χ4n) is 2.21. The van der Waals surface area contributed by atoms with Gasteiger partial charge in [0, 0.05) is 18.8 Å². The molecule has 0 radical (unpaired) electrons. The van der Waals surface area contributed by atoms with E-state index < -0.39 is 0 Å². The predicted octanol–water partition coefficient (Wildman–Crippen LogP) is 3.80. The molecule has 0 aliphatic rings. The van der Waals surface area contributed by atoms with Gasteiger partial charge in [-0.15, -0.1) is 0 Å². The van der Waals surface area contributed by atoms with Gasteiger partial charge in [-0.25, -0.2) is 0 Å². The van der Waals surface area contributed by atoms with Crippen LogP contribution in [0.1, 0.15) is 29.4 Å². The summed E-state index contributed by atoms with van der Waals surface area (Å²) in [6.07, 6.45) is 2.56. The summed E-state index contributed by atoms with van der Waals surface area (Å²) in [5, 5.41) is 0.359. The Labute approximate surface area is 147 Å². The van der Waals surface area contributed by atoms with Crippen LogP contribution in [0.5, 0.6) is 11.5 Å². The number of nitrogens with zero attached hydrogens (tertiary/aromatic N) is 2. The van der Waals surface area contributed by atoms with E-state index in [1.807, 2.05) is 25.1 Å². The molecule has 0 unspecified atom stereocenters. The molecule has 0 aliphatic heterocycles. The fraction of sp³-hybridized carbons (Fsp3) is 0.333. The minimum absolute atomic E-state index is 0.164. The van der Waals surface area contributed by atoms with Crippen molar-refractivity contribution in [1.29, 1.82) is 0 Å². The SMILES string of the molecule is CCCOc1c(Cl)cc(C(=O)N(C)Cc2ccccn2)cc1OC. The Morgan fingerprint density at radius 2 is 2.12 bits per heavy atom. The second kappa shape index (κ2) is 8.55. The summed E-state index contributed by atoms with van der Waals surface area (Å²) in [6.45, 7) is 2.95. The van der Waals surface area contributed by atoms with Gasteiger partial charge >= 0.3 is 0 Å². The topological polar surface area (TPSA) is 51.7 Å². The Morgan fingerprint density at radius 1 is 1.33 bits per heavy atom. The van der Waals surface area contributed by atoms with Crippen LogP contribution in [-0.2, 0) is 6.54 Å². The first-order valence-electron chi connectivity index (χ1n) is 7.72. The van der Waals surface area contributed by atoms with Crippen molar-refractivity contribution in [3.63, 3.8) is 0 Å². The first kappa shape index (κ1) is 18.1. The molecule has 1 amide bonds. The number of amides is 1. The van der Waals surface area contributed by atoms with Gasteiger partial charge in [0.25, 0.3) is 5.91 Å². The molecular weight excluding hydrogens is 328 g/mol. The Bertz CT molecular complexity index is 692. The maximum absolute atomic E-state index is 12.6. The molecule has 0 atom stereocenters. The summed E-state index contributed by atoms with van der Waals surface area (Å²) in [6, 6.07) is 8.85. The van der Waals surface area contributed by atoms with E-state index in [4.69, 9.17) is 21.1 Å². The van der Waals surface area contributed by atoms with E-state index in [0.717, 1.165) is 12.1 Å². The molecule has 0 fully saturated rings. The van der Waals surface area contributed by atoms with Gasteiger partial charge in [0.05, 0.1) is 31.0 Å². The molecule has 2 rings (SSSR count). The zero-order valence-corrected chi connectivity index (χ0v) is 14.8. The van der Waals surface area contributed by atoms with Crippen LogP contribution in [-0.4, -0.2) is 36.6 Å². The highest BCUT2D eigenvalue weighted by Crippen LogP contribution is 2.36. The van der Waals surface area contributed by atoms with Crippen LogP contribution < -0.4 is 9.47 Å². The number of benzene rings is 1. The molecule has 5 nitrogen and oxygen atoms in total. The second-order valence-electron chi connectivity index (χ2n) is 5.32. The molecule has 0 saturated carbocycles. The number of aromatic nitrogens is 1. The monoisotopic (exact) mass is 348 g/mol. The smallest absolute Gasteiger partial charge is 0.254 e. The van der Waals surface area contributed by atoms with Crippen LogP contribution in [0.15, 0.2) is 36.5 Å². The Hall–Kier alpha value is -2.27. The van der Waals surface area contributed by atoms with Crippen molar-refractivity contribution in [1.82, 2.24) is 9.88 Å². The molecule has 1 aromatic carbocycles. The molecule has 0 bridgehead atoms. The zero-order chi connectivity index (χ0) is 17.5. The van der Waals surface area contributed by atoms with Gasteiger partial charge in [0.1, 0.15) is 0 Å². The maximum atomic E-state index is 12.6. The van der Waals surface area contributed by atoms with Gasteiger partial charge in [0.15, 0.2) is 11.5 Å². The molecule has 1 heterocycles. The Balaban J connectivity index is 2.21. The van der Waals surface area contributed by atoms with Gasteiger partial charge in [-0.05, 0) is 30.7 Å². The van der Waals surface area contributed by atoms with E-state index in [0.29, 0.717) is 35.2 Å². The van der Waals surface area contributed by atoms with Gasteiger partial charge in [-0.3, -0.25) is 9.78 Å². The summed E-state index contributed by atoms with van der Waals surface area (Å²) in [4.78, 5) is 18.5. The normalized spacial score (nSPS) is 10.3. The van der Waals surface area contributed by atoms with Crippen molar-refractivity contribution >= 4 is 17.5 Å². The quantitative estimate of drug-likeness (QED) is 0.763. The zero-order valence-electron chi connectivity index (χ0n) is 14.1. The number of hydrogen-bond donors (Lipinski definition) is 0. The van der Waals surface area contributed by atoms with E-state index >= 15 is 0 Å². The van der Waals surface area contributed by atoms with Gasteiger partial charge < -0.3 is 14.4 Å². The lowest BCUT2D eigenvalue weighted by Gasteiger charge is -2.18. The first-order valence-corrected chi connectivity index (χ1v) is 8.10. The minimum Gasteiger partial charge on any atom is -0.493 e. The third-order valence-corrected chi connectivity index (χ3v) is 3.68. The molecule has 0 aliphatic carbocycles. The van der Waals surface area contributed by atoms with Crippen LogP contribution in [0, 0.1) is 0 Å². The number of rotatable bonds is 7. The highest BCUT2D eigenvalue weighted by molar-refractivity contribution is 6.32. The van der Waals surface area contributed by atoms with Crippen molar-refractivity contribution in [2.75, 3.05) is 20.8 Å². The number of methoxy groups -OCH3 is 1. The summed E-state index contributed by atoms with van der Waals surface area (Å²) >= 11 is 6.27. The van der Waals surface area contributed by atoms with Crippen LogP contribution in [0.2, 0.25) is 5.02 Å². The predicted molar refractivity (Wildman–Crippen MR) is 93.8 cm³/mol. The van der Waals surface area contributed by atoms with E-state index in [-0.39, 0.29) is 5.91 Å². The first-order chi connectivity index (χ1) is 11.6. The largest absolute Gasteiger partial charge is 0.493 e. The number of carbonyl (C=O) groups excluding carboxylic acids is 1. The van der Waals surface area contributed by atoms with E-state index in [1.165, 1.54) is 7.11 Å². The molecule has 6 heteroatoms. The van der Waals surface area contributed by atoms with Crippen molar-refractivity contribution < 1.29 is 14.3 Å². The average molecular weight is 349 g/mol. The molecule has 2 aromatic rings. The van der Waals surface area contributed by atoms with E-state index in [2.05, 4.69) is 4.98 Å². The summed E-state index contributed by atoms with van der Waals surface area (Å²) in [5.74, 6) is 0.748. The fourth-order valence-corrected chi connectivity index (χ4v) is 2.48. The van der Waals surface area contributed by atoms with Gasteiger partial charge in [-0.2, -0.15) is 0 Å². The van der Waals surface area contributed by atoms with Crippen molar-refractivity contribution in [3.05, 3.63) is 52.8 Å². The lowest BCUT2D eigenvalue weighted by molar-refractivity contribution is 0.0783. The Morgan fingerprint density at radius 3 is 2.75 bits per heavy atom. The van der Waals surface area contributed by atoms with Crippen LogP contribution in [0.25, 0.3) is 0 Å². The molecule has 128 valence electrons. The van der Waals surface area contributed by atoms with Crippen molar-refractivity contribution in [2.24, 2.45) is 0 Å². The minimum atomic E-state index is -0.164. The van der Waals surface area contributed by atoms with Crippen LogP contribution in [0.4, 0.5) is 0 Å². The standard InChI is InChI=1S/C18H21ClN2O3/c1-4-9-24-17-15(19)10-13(11-16(17)23-3)18(22)21(2)12-14-7-5-6-8-20-14/h5-8,10-11H,4,9,12H2,1-3H3. The van der Waals surface area contributed by atoms with Crippen LogP contribution in [0.3, 0.4) is 0 Å². The van der Waals surface area contributed by atoms with E-state index in [1.54, 1.807) is 30.3 Å². The lowest BCUT2D eigenvalue weighted by Crippen LogP contribution is -2.26. The molecular formula is C18H21ClN2O3. The molecule has 24 heavy (non-hydrogen) atoms. The Kier molecular flexibility index (Phi) is 6.44.